The van der Waals surface area contributed by atoms with Crippen LogP contribution in [0.5, 0.6) is 0 Å². The summed E-state index contributed by atoms with van der Waals surface area (Å²) in [4.78, 5) is 11.2. The summed E-state index contributed by atoms with van der Waals surface area (Å²) in [6.07, 6.45) is 5.12. The highest BCUT2D eigenvalue weighted by Gasteiger charge is 2.53. The van der Waals surface area contributed by atoms with Crippen LogP contribution < -0.4 is 11.5 Å². The molecular formula is C9H15N2O. The lowest BCUT2D eigenvalue weighted by atomic mass is 9.79. The van der Waals surface area contributed by atoms with Gasteiger partial charge in [-0.1, -0.05) is 0 Å². The summed E-state index contributed by atoms with van der Waals surface area (Å²) in [5.74, 6) is 0.912. The first-order valence-corrected chi connectivity index (χ1v) is 4.54. The standard InChI is InChI=1S/C9H15N2O/c10-5-7-4-9(8(11)12)2-1-6(7)3-9/h4,6-7H,1-3,5,10H2,(H2,11,12)/t6-,7+,9+/m0/s1. The highest BCUT2D eigenvalue weighted by Crippen LogP contribution is 2.55. The van der Waals surface area contributed by atoms with Crippen LogP contribution in [-0.2, 0) is 4.79 Å². The fraction of sp³-hybridized carbons (Fsp3) is 0.778. The second-order valence-corrected chi connectivity index (χ2v) is 4.09. The molecule has 0 aromatic carbocycles. The number of carbonyl (C=O) groups excluding carboxylic acids is 1. The van der Waals surface area contributed by atoms with E-state index in [1.54, 1.807) is 0 Å². The molecule has 3 heteroatoms. The smallest absolute Gasteiger partial charge is 0.223 e. The summed E-state index contributed by atoms with van der Waals surface area (Å²) in [5.41, 5.74) is 10.7. The number of rotatable bonds is 2. The van der Waals surface area contributed by atoms with Crippen LogP contribution in [0.3, 0.4) is 0 Å². The third kappa shape index (κ3) is 0.891. The second-order valence-electron chi connectivity index (χ2n) is 4.09. The van der Waals surface area contributed by atoms with Gasteiger partial charge in [0.1, 0.15) is 0 Å². The molecule has 67 valence electrons. The summed E-state index contributed by atoms with van der Waals surface area (Å²) >= 11 is 0. The van der Waals surface area contributed by atoms with E-state index in [9.17, 15) is 4.79 Å². The zero-order valence-electron chi connectivity index (χ0n) is 7.12. The molecule has 12 heavy (non-hydrogen) atoms. The van der Waals surface area contributed by atoms with E-state index in [1.807, 2.05) is 0 Å². The van der Waals surface area contributed by atoms with Crippen molar-refractivity contribution in [2.45, 2.75) is 19.3 Å². The minimum absolute atomic E-state index is 0.152. The van der Waals surface area contributed by atoms with Crippen molar-refractivity contribution < 1.29 is 4.79 Å². The van der Waals surface area contributed by atoms with Crippen LogP contribution >= 0.6 is 0 Å². The van der Waals surface area contributed by atoms with Gasteiger partial charge in [-0.05, 0) is 44.1 Å². The molecule has 0 spiro atoms. The Kier molecular flexibility index (Phi) is 1.65. The fourth-order valence-corrected chi connectivity index (χ4v) is 2.74. The van der Waals surface area contributed by atoms with Crippen molar-refractivity contribution in [3.05, 3.63) is 6.42 Å². The van der Waals surface area contributed by atoms with Crippen LogP contribution in [0.1, 0.15) is 19.3 Å². The van der Waals surface area contributed by atoms with Gasteiger partial charge in [0.25, 0.3) is 0 Å². The lowest BCUT2D eigenvalue weighted by Gasteiger charge is -2.25. The summed E-state index contributed by atoms with van der Waals surface area (Å²) in [6.45, 7) is 0.666. The molecule has 0 aliphatic heterocycles. The van der Waals surface area contributed by atoms with Gasteiger partial charge in [0.2, 0.25) is 5.91 Å². The van der Waals surface area contributed by atoms with Crippen molar-refractivity contribution in [1.82, 2.24) is 0 Å². The van der Waals surface area contributed by atoms with E-state index in [0.717, 1.165) is 19.3 Å². The van der Waals surface area contributed by atoms with Gasteiger partial charge in [0, 0.05) is 0 Å². The molecule has 2 saturated carbocycles. The van der Waals surface area contributed by atoms with E-state index in [0.29, 0.717) is 18.4 Å². The van der Waals surface area contributed by atoms with E-state index in [2.05, 4.69) is 6.42 Å². The third-order valence-corrected chi connectivity index (χ3v) is 3.49. The predicted molar refractivity (Wildman–Crippen MR) is 45.8 cm³/mol. The van der Waals surface area contributed by atoms with Crippen LogP contribution in [-0.4, -0.2) is 12.5 Å². The first-order valence-electron chi connectivity index (χ1n) is 4.54. The monoisotopic (exact) mass is 167 g/mol. The van der Waals surface area contributed by atoms with E-state index >= 15 is 0 Å². The lowest BCUT2D eigenvalue weighted by molar-refractivity contribution is -0.125. The maximum atomic E-state index is 11.2. The summed E-state index contributed by atoms with van der Waals surface area (Å²) in [6, 6.07) is 0. The maximum Gasteiger partial charge on any atom is 0.223 e. The molecule has 1 radical (unpaired) electrons. The van der Waals surface area contributed by atoms with Gasteiger partial charge in [-0.15, -0.1) is 0 Å². The second kappa shape index (κ2) is 2.46. The number of hydrogen-bond donors (Lipinski definition) is 2. The summed E-state index contributed by atoms with van der Waals surface area (Å²) in [7, 11) is 0. The first kappa shape index (κ1) is 8.05. The van der Waals surface area contributed by atoms with Gasteiger partial charge < -0.3 is 11.5 Å². The highest BCUT2D eigenvalue weighted by molar-refractivity contribution is 5.83. The molecule has 2 rings (SSSR count). The number of hydrogen-bond acceptors (Lipinski definition) is 2. The van der Waals surface area contributed by atoms with Gasteiger partial charge in [0.15, 0.2) is 0 Å². The molecule has 1 amide bonds. The molecule has 0 heterocycles. The fourth-order valence-electron chi connectivity index (χ4n) is 2.74. The Balaban J connectivity index is 2.17. The number of primary amides is 1. The Bertz CT molecular complexity index is 217. The van der Waals surface area contributed by atoms with Gasteiger partial charge >= 0.3 is 0 Å². The zero-order chi connectivity index (χ0) is 8.77. The van der Waals surface area contributed by atoms with Crippen molar-refractivity contribution >= 4 is 5.91 Å². The molecule has 0 aromatic heterocycles. The number of amides is 1. The SMILES string of the molecule is NC[C@H]1[CH][C@@]2(C(N)=O)CC[C@H]1C2. The normalized spacial score (nSPS) is 45.1. The number of carbonyl (C=O) groups is 1. The minimum Gasteiger partial charge on any atom is -0.369 e. The van der Waals surface area contributed by atoms with Crippen molar-refractivity contribution in [3.8, 4) is 0 Å². The van der Waals surface area contributed by atoms with Crippen LogP contribution in [0.25, 0.3) is 0 Å². The predicted octanol–water partition coefficient (Wildman–Crippen LogP) is 0.0510. The molecule has 3 nitrogen and oxygen atoms in total. The molecule has 2 bridgehead atoms. The Morgan fingerprint density at radius 3 is 2.83 bits per heavy atom. The van der Waals surface area contributed by atoms with Gasteiger partial charge in [0.05, 0.1) is 5.41 Å². The van der Waals surface area contributed by atoms with E-state index < -0.39 is 0 Å². The van der Waals surface area contributed by atoms with Crippen molar-refractivity contribution in [2.75, 3.05) is 6.54 Å². The Morgan fingerprint density at radius 2 is 2.42 bits per heavy atom. The van der Waals surface area contributed by atoms with Crippen LogP contribution in [0.15, 0.2) is 0 Å². The molecule has 0 unspecified atom stereocenters. The van der Waals surface area contributed by atoms with Gasteiger partial charge in [-0.25, -0.2) is 0 Å². The third-order valence-electron chi connectivity index (χ3n) is 3.49. The van der Waals surface area contributed by atoms with Crippen LogP contribution in [0.4, 0.5) is 0 Å². The summed E-state index contributed by atoms with van der Waals surface area (Å²) < 4.78 is 0. The molecule has 2 aliphatic rings. The molecule has 2 fully saturated rings. The Morgan fingerprint density at radius 1 is 1.67 bits per heavy atom. The van der Waals surface area contributed by atoms with Crippen molar-refractivity contribution in [1.29, 1.82) is 0 Å². The zero-order valence-corrected chi connectivity index (χ0v) is 7.12. The van der Waals surface area contributed by atoms with Crippen LogP contribution in [0.2, 0.25) is 0 Å². The lowest BCUT2D eigenvalue weighted by Crippen LogP contribution is -2.35. The minimum atomic E-state index is -0.283. The van der Waals surface area contributed by atoms with Crippen molar-refractivity contribution in [3.63, 3.8) is 0 Å². The molecular weight excluding hydrogens is 152 g/mol. The van der Waals surface area contributed by atoms with Crippen LogP contribution in [0, 0.1) is 23.7 Å². The average molecular weight is 167 g/mol. The van der Waals surface area contributed by atoms with E-state index in [1.165, 1.54) is 0 Å². The largest absolute Gasteiger partial charge is 0.369 e. The number of nitrogens with two attached hydrogens (primary N) is 2. The average Bonchev–Trinajstić information content (AvgIpc) is 2.61. The molecule has 3 atom stereocenters. The summed E-state index contributed by atoms with van der Waals surface area (Å²) in [5, 5.41) is 0. The topological polar surface area (TPSA) is 69.1 Å². The highest BCUT2D eigenvalue weighted by atomic mass is 16.1. The molecule has 2 aliphatic carbocycles. The van der Waals surface area contributed by atoms with Crippen molar-refractivity contribution in [2.24, 2.45) is 28.7 Å². The molecule has 4 N–H and O–H groups in total. The first-order chi connectivity index (χ1) is 5.68. The molecule has 0 aromatic rings. The van der Waals surface area contributed by atoms with E-state index in [4.69, 9.17) is 11.5 Å². The number of fused-ring (bicyclic) bond motifs is 2. The van der Waals surface area contributed by atoms with Gasteiger partial charge in [-0.2, -0.15) is 0 Å². The Hall–Kier alpha value is -0.570. The van der Waals surface area contributed by atoms with Gasteiger partial charge in [-0.3, -0.25) is 4.79 Å². The molecule has 0 saturated heterocycles. The van der Waals surface area contributed by atoms with E-state index in [-0.39, 0.29) is 11.3 Å². The Labute approximate surface area is 72.5 Å². The quantitative estimate of drug-likeness (QED) is 0.610. The maximum absolute atomic E-state index is 11.2.